The van der Waals surface area contributed by atoms with E-state index in [1.54, 1.807) is 0 Å². The number of aliphatic hydroxyl groups excluding tert-OH is 1. The Morgan fingerprint density at radius 3 is 2.70 bits per heavy atom. The lowest BCUT2D eigenvalue weighted by Gasteiger charge is -2.46. The van der Waals surface area contributed by atoms with Gasteiger partial charge in [0.2, 0.25) is 0 Å². The van der Waals surface area contributed by atoms with Crippen molar-refractivity contribution in [1.82, 2.24) is 0 Å². The second-order valence-electron chi connectivity index (χ2n) is 5.02. The molecular weight excluding hydrogens is 262 g/mol. The molecule has 0 spiro atoms. The van der Waals surface area contributed by atoms with Crippen LogP contribution in [-0.4, -0.2) is 49.5 Å². The van der Waals surface area contributed by atoms with Crippen LogP contribution in [0.4, 0.5) is 0 Å². The van der Waals surface area contributed by atoms with Gasteiger partial charge in [-0.15, -0.1) is 0 Å². The highest BCUT2D eigenvalue weighted by Gasteiger charge is 2.48. The summed E-state index contributed by atoms with van der Waals surface area (Å²) in [5, 5.41) is 10.3. The van der Waals surface area contributed by atoms with Crippen molar-refractivity contribution in [2.75, 3.05) is 13.7 Å². The second kappa shape index (κ2) is 5.77. The van der Waals surface area contributed by atoms with E-state index in [0.29, 0.717) is 6.61 Å². The molecule has 2 heterocycles. The van der Waals surface area contributed by atoms with Crippen molar-refractivity contribution in [3.05, 3.63) is 35.9 Å². The van der Waals surface area contributed by atoms with Crippen LogP contribution in [0.5, 0.6) is 0 Å². The Morgan fingerprint density at radius 2 is 2.00 bits per heavy atom. The molecular formula is C14H19NO5. The van der Waals surface area contributed by atoms with Crippen molar-refractivity contribution in [1.29, 1.82) is 0 Å². The molecule has 2 aliphatic heterocycles. The SMILES string of the molecule is CO[C@H]1O[C@H]2CO[C@H](c3ccccc3)O[C@@H]2[C@@H](O)[C@H]1N. The van der Waals surface area contributed by atoms with Crippen LogP contribution >= 0.6 is 0 Å². The van der Waals surface area contributed by atoms with Gasteiger partial charge in [-0.2, -0.15) is 0 Å². The number of ether oxygens (including phenoxy) is 4. The molecule has 3 rings (SSSR count). The molecule has 0 radical (unpaired) electrons. The maximum atomic E-state index is 10.3. The average molecular weight is 281 g/mol. The van der Waals surface area contributed by atoms with Crippen LogP contribution in [-0.2, 0) is 18.9 Å². The molecule has 2 aliphatic rings. The number of methoxy groups -OCH3 is 1. The lowest BCUT2D eigenvalue weighted by Crippen LogP contribution is -2.64. The van der Waals surface area contributed by atoms with Crippen molar-refractivity contribution >= 4 is 0 Å². The van der Waals surface area contributed by atoms with E-state index in [4.69, 9.17) is 24.7 Å². The Morgan fingerprint density at radius 1 is 1.25 bits per heavy atom. The summed E-state index contributed by atoms with van der Waals surface area (Å²) in [6.07, 6.45) is -2.91. The molecule has 20 heavy (non-hydrogen) atoms. The van der Waals surface area contributed by atoms with Gasteiger partial charge >= 0.3 is 0 Å². The predicted octanol–water partition coefficient (Wildman–Crippen LogP) is 0.160. The van der Waals surface area contributed by atoms with Crippen molar-refractivity contribution in [3.8, 4) is 0 Å². The Balaban J connectivity index is 1.74. The Labute approximate surface area is 117 Å². The summed E-state index contributed by atoms with van der Waals surface area (Å²) in [7, 11) is 1.49. The van der Waals surface area contributed by atoms with E-state index in [2.05, 4.69) is 0 Å². The first-order valence-corrected chi connectivity index (χ1v) is 6.64. The van der Waals surface area contributed by atoms with Crippen molar-refractivity contribution < 1.29 is 24.1 Å². The van der Waals surface area contributed by atoms with Crippen LogP contribution < -0.4 is 5.73 Å². The van der Waals surface area contributed by atoms with E-state index < -0.39 is 30.8 Å². The second-order valence-corrected chi connectivity index (χ2v) is 5.02. The molecule has 1 aromatic rings. The summed E-state index contributed by atoms with van der Waals surface area (Å²) < 4.78 is 22.2. The number of rotatable bonds is 2. The van der Waals surface area contributed by atoms with Crippen LogP contribution in [0.3, 0.4) is 0 Å². The minimum Gasteiger partial charge on any atom is -0.388 e. The zero-order chi connectivity index (χ0) is 14.1. The van der Waals surface area contributed by atoms with Crippen LogP contribution in [0.25, 0.3) is 0 Å². The highest BCUT2D eigenvalue weighted by molar-refractivity contribution is 5.16. The number of nitrogens with two attached hydrogens (primary N) is 1. The summed E-state index contributed by atoms with van der Waals surface area (Å²) in [4.78, 5) is 0. The summed E-state index contributed by atoms with van der Waals surface area (Å²) in [6.45, 7) is 0.327. The van der Waals surface area contributed by atoms with Gasteiger partial charge in [0.25, 0.3) is 0 Å². The number of benzene rings is 1. The van der Waals surface area contributed by atoms with Crippen molar-refractivity contribution in [2.45, 2.75) is 36.9 Å². The van der Waals surface area contributed by atoms with E-state index in [0.717, 1.165) is 5.56 Å². The van der Waals surface area contributed by atoms with Crippen LogP contribution in [0.1, 0.15) is 11.9 Å². The molecule has 6 atom stereocenters. The van der Waals surface area contributed by atoms with Crippen LogP contribution in [0.15, 0.2) is 30.3 Å². The third kappa shape index (κ3) is 2.46. The predicted molar refractivity (Wildman–Crippen MR) is 69.7 cm³/mol. The third-order valence-corrected chi connectivity index (χ3v) is 3.72. The van der Waals surface area contributed by atoms with Gasteiger partial charge in [0, 0.05) is 12.7 Å². The molecule has 2 saturated heterocycles. The molecule has 0 saturated carbocycles. The molecule has 110 valence electrons. The van der Waals surface area contributed by atoms with E-state index in [1.807, 2.05) is 30.3 Å². The van der Waals surface area contributed by atoms with Gasteiger partial charge in [0.15, 0.2) is 12.6 Å². The maximum absolute atomic E-state index is 10.3. The molecule has 0 unspecified atom stereocenters. The molecule has 6 heteroatoms. The normalized spacial score (nSPS) is 41.1. The lowest BCUT2D eigenvalue weighted by atomic mass is 9.96. The quantitative estimate of drug-likeness (QED) is 0.803. The minimum absolute atomic E-state index is 0.327. The number of aliphatic hydroxyl groups is 1. The number of hydrogen-bond donors (Lipinski definition) is 2. The summed E-state index contributed by atoms with van der Waals surface area (Å²) in [5.74, 6) is 0. The fourth-order valence-electron chi connectivity index (χ4n) is 2.60. The monoisotopic (exact) mass is 281 g/mol. The van der Waals surface area contributed by atoms with Gasteiger partial charge in [0.05, 0.1) is 12.6 Å². The zero-order valence-electron chi connectivity index (χ0n) is 11.2. The topological polar surface area (TPSA) is 83.2 Å². The fourth-order valence-corrected chi connectivity index (χ4v) is 2.60. The minimum atomic E-state index is -0.853. The van der Waals surface area contributed by atoms with Gasteiger partial charge in [-0.3, -0.25) is 0 Å². The Hall–Kier alpha value is -1.02. The van der Waals surface area contributed by atoms with E-state index in [9.17, 15) is 5.11 Å². The standard InChI is InChI=1S/C14H19NO5/c1-17-14-10(15)11(16)12-9(19-14)7-18-13(20-12)8-5-3-2-4-6-8/h2-6,9-14,16H,7,15H2,1H3/t9-,10+,11-,12-,13-,14-/m0/s1. The van der Waals surface area contributed by atoms with Crippen molar-refractivity contribution in [2.24, 2.45) is 5.73 Å². The first-order valence-electron chi connectivity index (χ1n) is 6.64. The fraction of sp³-hybridized carbons (Fsp3) is 0.571. The van der Waals surface area contributed by atoms with Gasteiger partial charge in [-0.25, -0.2) is 0 Å². The lowest BCUT2D eigenvalue weighted by molar-refractivity contribution is -0.339. The molecule has 0 aliphatic carbocycles. The smallest absolute Gasteiger partial charge is 0.184 e. The molecule has 0 aromatic heterocycles. The first kappa shape index (κ1) is 13.9. The molecule has 2 fully saturated rings. The van der Waals surface area contributed by atoms with Gasteiger partial charge in [-0.05, 0) is 0 Å². The summed E-state index contributed by atoms with van der Waals surface area (Å²) in [5.41, 5.74) is 6.81. The zero-order valence-corrected chi connectivity index (χ0v) is 11.2. The Kier molecular flexibility index (Phi) is 4.02. The highest BCUT2D eigenvalue weighted by Crippen LogP contribution is 2.33. The summed E-state index contributed by atoms with van der Waals surface area (Å²) in [6, 6.07) is 8.93. The highest BCUT2D eigenvalue weighted by atomic mass is 16.7. The molecule has 3 N–H and O–H groups in total. The van der Waals surface area contributed by atoms with Gasteiger partial charge in [0.1, 0.15) is 18.3 Å². The summed E-state index contributed by atoms with van der Waals surface area (Å²) >= 11 is 0. The number of fused-ring (bicyclic) bond motifs is 1. The van der Waals surface area contributed by atoms with Crippen LogP contribution in [0, 0.1) is 0 Å². The van der Waals surface area contributed by atoms with Crippen molar-refractivity contribution in [3.63, 3.8) is 0 Å². The molecule has 6 nitrogen and oxygen atoms in total. The third-order valence-electron chi connectivity index (χ3n) is 3.72. The van der Waals surface area contributed by atoms with Gasteiger partial charge < -0.3 is 29.8 Å². The largest absolute Gasteiger partial charge is 0.388 e. The molecule has 0 amide bonds. The van der Waals surface area contributed by atoms with E-state index in [-0.39, 0.29) is 6.10 Å². The first-order chi connectivity index (χ1) is 9.70. The molecule has 0 bridgehead atoms. The van der Waals surface area contributed by atoms with E-state index in [1.165, 1.54) is 7.11 Å². The van der Waals surface area contributed by atoms with Gasteiger partial charge in [-0.1, -0.05) is 30.3 Å². The van der Waals surface area contributed by atoms with Crippen LogP contribution in [0.2, 0.25) is 0 Å². The molecule has 1 aromatic carbocycles. The number of hydrogen-bond acceptors (Lipinski definition) is 6. The Bertz CT molecular complexity index is 440. The van der Waals surface area contributed by atoms with E-state index >= 15 is 0 Å². The average Bonchev–Trinajstić information content (AvgIpc) is 2.51. The maximum Gasteiger partial charge on any atom is 0.184 e.